The maximum absolute atomic E-state index is 12.2. The van der Waals surface area contributed by atoms with E-state index in [0.29, 0.717) is 16.8 Å². The first-order valence-electron chi connectivity index (χ1n) is 6.45. The van der Waals surface area contributed by atoms with E-state index in [9.17, 15) is 8.42 Å². The number of furan rings is 1. The summed E-state index contributed by atoms with van der Waals surface area (Å²) in [7, 11) is -3.78. The fraction of sp³-hybridized carbons (Fsp3) is 0.308. The summed E-state index contributed by atoms with van der Waals surface area (Å²) in [4.78, 5) is 3.97. The predicted molar refractivity (Wildman–Crippen MR) is 83.5 cm³/mol. The molecule has 0 atom stereocenters. The van der Waals surface area contributed by atoms with E-state index in [1.54, 1.807) is 18.2 Å². The van der Waals surface area contributed by atoms with Crippen LogP contribution in [0.4, 0.5) is 5.82 Å². The summed E-state index contributed by atoms with van der Waals surface area (Å²) in [5.74, 6) is 0.795. The van der Waals surface area contributed by atoms with Crippen LogP contribution in [0.2, 0.25) is 0 Å². The number of sulfonamides is 1. The second-order valence-corrected chi connectivity index (χ2v) is 6.80. The van der Waals surface area contributed by atoms with Crippen molar-refractivity contribution in [3.63, 3.8) is 0 Å². The molecule has 0 aromatic carbocycles. The third kappa shape index (κ3) is 4.29. The van der Waals surface area contributed by atoms with E-state index in [1.807, 2.05) is 0 Å². The fourth-order valence-electron chi connectivity index (χ4n) is 1.62. The minimum absolute atomic E-state index is 0.131. The molecule has 114 valence electrons. The minimum atomic E-state index is -3.78. The monoisotopic (exact) mass is 373 g/mol. The molecule has 2 N–H and O–H groups in total. The molecule has 21 heavy (non-hydrogen) atoms. The van der Waals surface area contributed by atoms with Crippen LogP contribution in [-0.2, 0) is 16.6 Å². The zero-order valence-electron chi connectivity index (χ0n) is 11.5. The maximum Gasteiger partial charge on any atom is 0.296 e. The smallest absolute Gasteiger partial charge is 0.296 e. The normalized spacial score (nSPS) is 11.5. The number of anilines is 1. The molecule has 0 bridgehead atoms. The van der Waals surface area contributed by atoms with Crippen LogP contribution in [0.5, 0.6) is 0 Å². The highest BCUT2D eigenvalue weighted by molar-refractivity contribution is 9.10. The molecule has 0 aliphatic heterocycles. The van der Waals surface area contributed by atoms with E-state index in [1.165, 1.54) is 12.3 Å². The van der Waals surface area contributed by atoms with Gasteiger partial charge in [-0.1, -0.05) is 6.92 Å². The molecule has 0 saturated carbocycles. The third-order valence-corrected chi connectivity index (χ3v) is 4.47. The molecular formula is C13H16BrN3O3S. The van der Waals surface area contributed by atoms with Crippen molar-refractivity contribution >= 4 is 31.8 Å². The Morgan fingerprint density at radius 2 is 2.14 bits per heavy atom. The average Bonchev–Trinajstić information content (AvgIpc) is 2.91. The Balaban J connectivity index is 2.11. The van der Waals surface area contributed by atoms with Crippen molar-refractivity contribution in [2.75, 3.05) is 11.3 Å². The molecule has 0 aliphatic rings. The summed E-state index contributed by atoms with van der Waals surface area (Å²) in [6.45, 7) is 3.40. The number of hydrogen-bond donors (Lipinski definition) is 2. The minimum Gasteiger partial charge on any atom is -0.446 e. The molecule has 8 heteroatoms. The van der Waals surface area contributed by atoms with Gasteiger partial charge in [0, 0.05) is 6.20 Å². The largest absolute Gasteiger partial charge is 0.446 e. The van der Waals surface area contributed by atoms with Crippen LogP contribution >= 0.6 is 15.9 Å². The van der Waals surface area contributed by atoms with Crippen LogP contribution in [0.25, 0.3) is 0 Å². The van der Waals surface area contributed by atoms with Gasteiger partial charge in [-0.25, -0.2) is 4.98 Å². The van der Waals surface area contributed by atoms with Gasteiger partial charge in [-0.3, -0.25) is 4.72 Å². The summed E-state index contributed by atoms with van der Waals surface area (Å²) in [5.41, 5.74) is 0. The van der Waals surface area contributed by atoms with Crippen LogP contribution in [0.1, 0.15) is 19.1 Å². The highest BCUT2D eigenvalue weighted by atomic mass is 79.9. The van der Waals surface area contributed by atoms with Gasteiger partial charge in [0.25, 0.3) is 10.0 Å². The lowest BCUT2D eigenvalue weighted by molar-refractivity contribution is 0.403. The van der Waals surface area contributed by atoms with Crippen molar-refractivity contribution in [3.05, 3.63) is 40.7 Å². The summed E-state index contributed by atoms with van der Waals surface area (Å²) >= 11 is 3.24. The molecule has 0 saturated heterocycles. The molecule has 6 nitrogen and oxygen atoms in total. The fourth-order valence-corrected chi connectivity index (χ4v) is 3.09. The van der Waals surface area contributed by atoms with Gasteiger partial charge in [-0.2, -0.15) is 8.42 Å². The number of pyridine rings is 1. The van der Waals surface area contributed by atoms with Gasteiger partial charge in [-0.05, 0) is 53.2 Å². The van der Waals surface area contributed by atoms with E-state index in [4.69, 9.17) is 4.42 Å². The van der Waals surface area contributed by atoms with Crippen LogP contribution < -0.4 is 10.0 Å². The van der Waals surface area contributed by atoms with Gasteiger partial charge in [0.05, 0.1) is 11.0 Å². The zero-order valence-corrected chi connectivity index (χ0v) is 13.9. The van der Waals surface area contributed by atoms with Gasteiger partial charge >= 0.3 is 0 Å². The van der Waals surface area contributed by atoms with E-state index in [0.717, 1.165) is 13.0 Å². The summed E-state index contributed by atoms with van der Waals surface area (Å²) in [6.07, 6.45) is 2.51. The Labute approximate surface area is 132 Å². The summed E-state index contributed by atoms with van der Waals surface area (Å²) < 4.78 is 32.7. The molecular weight excluding hydrogens is 358 g/mol. The quantitative estimate of drug-likeness (QED) is 0.728. The average molecular weight is 374 g/mol. The van der Waals surface area contributed by atoms with Crippen molar-refractivity contribution in [2.24, 2.45) is 0 Å². The Morgan fingerprint density at radius 1 is 1.33 bits per heavy atom. The van der Waals surface area contributed by atoms with Gasteiger partial charge in [-0.15, -0.1) is 0 Å². The van der Waals surface area contributed by atoms with Gasteiger partial charge in [0.15, 0.2) is 5.82 Å². The van der Waals surface area contributed by atoms with Crippen LogP contribution in [-0.4, -0.2) is 19.9 Å². The Kier molecular flexibility index (Phi) is 5.38. The van der Waals surface area contributed by atoms with Gasteiger partial charge in [0.2, 0.25) is 5.09 Å². The van der Waals surface area contributed by atoms with Crippen LogP contribution in [0.15, 0.2) is 44.4 Å². The Bertz CT molecular complexity index is 700. The SMILES string of the molecule is CCCNCc1ccc(S(=O)(=O)Nc2ncccc2Br)o1. The second-order valence-electron chi connectivity index (χ2n) is 4.34. The molecule has 0 unspecified atom stereocenters. The summed E-state index contributed by atoms with van der Waals surface area (Å²) in [6, 6.07) is 6.48. The zero-order chi connectivity index (χ0) is 15.3. The van der Waals surface area contributed by atoms with E-state index >= 15 is 0 Å². The number of aromatic nitrogens is 1. The highest BCUT2D eigenvalue weighted by Gasteiger charge is 2.20. The maximum atomic E-state index is 12.2. The molecule has 0 amide bonds. The molecule has 2 heterocycles. The number of nitrogens with one attached hydrogen (secondary N) is 2. The number of rotatable bonds is 7. The second kappa shape index (κ2) is 7.06. The van der Waals surface area contributed by atoms with Crippen molar-refractivity contribution in [1.29, 1.82) is 0 Å². The van der Waals surface area contributed by atoms with Gasteiger partial charge < -0.3 is 9.73 Å². The lowest BCUT2D eigenvalue weighted by atomic mass is 10.4. The number of hydrogen-bond acceptors (Lipinski definition) is 5. The molecule has 2 aromatic heterocycles. The van der Waals surface area contributed by atoms with Crippen molar-refractivity contribution in [3.8, 4) is 0 Å². The van der Waals surface area contributed by atoms with Crippen molar-refractivity contribution in [1.82, 2.24) is 10.3 Å². The molecule has 0 radical (unpaired) electrons. The first kappa shape index (κ1) is 16.0. The summed E-state index contributed by atoms with van der Waals surface area (Å²) in [5, 5.41) is 3.01. The van der Waals surface area contributed by atoms with Crippen LogP contribution in [0, 0.1) is 0 Å². The Morgan fingerprint density at radius 3 is 2.86 bits per heavy atom. The lowest BCUT2D eigenvalue weighted by Crippen LogP contribution is -2.14. The molecule has 2 aromatic rings. The van der Waals surface area contributed by atoms with Crippen LogP contribution in [0.3, 0.4) is 0 Å². The van der Waals surface area contributed by atoms with Crippen molar-refractivity contribution < 1.29 is 12.8 Å². The molecule has 2 rings (SSSR count). The van der Waals surface area contributed by atoms with Crippen molar-refractivity contribution in [2.45, 2.75) is 25.0 Å². The molecule has 0 aliphatic carbocycles. The Hall–Kier alpha value is -1.38. The van der Waals surface area contributed by atoms with E-state index < -0.39 is 10.0 Å². The third-order valence-electron chi connectivity index (χ3n) is 2.62. The standard InChI is InChI=1S/C13H16BrN3O3S/c1-2-7-15-9-10-5-6-12(20-10)21(18,19)17-13-11(14)4-3-8-16-13/h3-6,8,15H,2,7,9H2,1H3,(H,16,17). The highest BCUT2D eigenvalue weighted by Crippen LogP contribution is 2.23. The first-order valence-corrected chi connectivity index (χ1v) is 8.73. The molecule has 0 fully saturated rings. The topological polar surface area (TPSA) is 84.2 Å². The van der Waals surface area contributed by atoms with E-state index in [-0.39, 0.29) is 10.9 Å². The predicted octanol–water partition coefficient (Wildman–Crippen LogP) is 2.74. The number of nitrogens with zero attached hydrogens (tertiary/aromatic N) is 1. The van der Waals surface area contributed by atoms with E-state index in [2.05, 4.69) is 37.9 Å². The molecule has 0 spiro atoms. The van der Waals surface area contributed by atoms with Gasteiger partial charge in [0.1, 0.15) is 5.76 Å². The first-order chi connectivity index (χ1) is 10.0. The lowest BCUT2D eigenvalue weighted by Gasteiger charge is -2.06. The number of halogens is 1.